The highest BCUT2D eigenvalue weighted by molar-refractivity contribution is 6.44. The summed E-state index contributed by atoms with van der Waals surface area (Å²) in [5, 5.41) is 14.7. The van der Waals surface area contributed by atoms with Crippen LogP contribution in [0.25, 0.3) is 0 Å². The molecule has 0 atom stereocenters. The summed E-state index contributed by atoms with van der Waals surface area (Å²) in [4.78, 5) is 0. The molecule has 1 aliphatic carbocycles. The summed E-state index contributed by atoms with van der Waals surface area (Å²) in [5.74, 6) is 0. The second-order valence-electron chi connectivity index (χ2n) is 5.64. The minimum atomic E-state index is 0.00970. The number of aliphatic hydroxyl groups excluding tert-OH is 1. The average Bonchev–Trinajstić information content (AvgIpc) is 2.48. The Morgan fingerprint density at radius 1 is 1.05 bits per heavy atom. The van der Waals surface area contributed by atoms with E-state index in [9.17, 15) is 5.11 Å². The lowest BCUT2D eigenvalue weighted by atomic mass is 9.74. The van der Waals surface area contributed by atoms with Gasteiger partial charge >= 0.3 is 0 Å². The molecule has 1 fully saturated rings. The van der Waals surface area contributed by atoms with Gasteiger partial charge in [-0.3, -0.25) is 0 Å². The second kappa shape index (κ2) is 7.33. The number of hydrogen-bond donors (Lipinski definition) is 2. The maximum atomic E-state index is 9.68. The molecule has 5 heteroatoms. The summed E-state index contributed by atoms with van der Waals surface area (Å²) in [5.41, 5.74) is 0.834. The normalized spacial score (nSPS) is 18.2. The van der Waals surface area contributed by atoms with E-state index in [1.807, 2.05) is 0 Å². The van der Waals surface area contributed by atoms with Crippen molar-refractivity contribution in [2.24, 2.45) is 5.41 Å². The van der Waals surface area contributed by atoms with E-state index in [0.29, 0.717) is 21.6 Å². The van der Waals surface area contributed by atoms with Crippen LogP contribution in [0.1, 0.15) is 37.7 Å². The third-order valence-corrected chi connectivity index (χ3v) is 5.39. The standard InChI is InChI=1S/C15H20Cl3NO/c16-12-4-5-13(17)14(18)11(12)8-19-9-15(10-20)6-2-1-3-7-15/h4-5,19-20H,1-3,6-10H2. The first-order valence-corrected chi connectivity index (χ1v) is 8.15. The topological polar surface area (TPSA) is 32.3 Å². The highest BCUT2D eigenvalue weighted by atomic mass is 35.5. The van der Waals surface area contributed by atoms with E-state index in [2.05, 4.69) is 5.32 Å². The van der Waals surface area contributed by atoms with Gasteiger partial charge in [0.2, 0.25) is 0 Å². The van der Waals surface area contributed by atoms with E-state index in [1.54, 1.807) is 12.1 Å². The van der Waals surface area contributed by atoms with Crippen LogP contribution in [0.3, 0.4) is 0 Å². The van der Waals surface area contributed by atoms with E-state index in [4.69, 9.17) is 34.8 Å². The van der Waals surface area contributed by atoms with Gasteiger partial charge in [-0.25, -0.2) is 0 Å². The predicted octanol–water partition coefficient (Wildman–Crippen LogP) is 4.68. The van der Waals surface area contributed by atoms with Crippen molar-refractivity contribution < 1.29 is 5.11 Å². The third-order valence-electron chi connectivity index (χ3n) is 4.19. The quantitative estimate of drug-likeness (QED) is 0.765. The molecule has 20 heavy (non-hydrogen) atoms. The van der Waals surface area contributed by atoms with Crippen molar-refractivity contribution in [1.29, 1.82) is 0 Å². The number of rotatable bonds is 5. The molecule has 1 saturated carbocycles. The molecule has 0 spiro atoms. The van der Waals surface area contributed by atoms with Crippen LogP contribution < -0.4 is 5.32 Å². The molecule has 1 aromatic carbocycles. The summed E-state index contributed by atoms with van der Waals surface area (Å²) in [7, 11) is 0. The number of halogens is 3. The molecule has 2 N–H and O–H groups in total. The summed E-state index contributed by atoms with van der Waals surface area (Å²) < 4.78 is 0. The van der Waals surface area contributed by atoms with Crippen molar-refractivity contribution in [2.45, 2.75) is 38.6 Å². The number of benzene rings is 1. The zero-order valence-corrected chi connectivity index (χ0v) is 13.7. The Morgan fingerprint density at radius 2 is 1.70 bits per heavy atom. The molecule has 0 saturated heterocycles. The number of hydrogen-bond acceptors (Lipinski definition) is 2. The van der Waals surface area contributed by atoms with Crippen LogP contribution in [0.4, 0.5) is 0 Å². The zero-order valence-electron chi connectivity index (χ0n) is 11.4. The van der Waals surface area contributed by atoms with Crippen LogP contribution in [-0.4, -0.2) is 18.3 Å². The fraction of sp³-hybridized carbons (Fsp3) is 0.600. The van der Waals surface area contributed by atoms with Crippen molar-refractivity contribution in [3.8, 4) is 0 Å². The lowest BCUT2D eigenvalue weighted by Gasteiger charge is -2.36. The van der Waals surface area contributed by atoms with Gasteiger partial charge in [0.05, 0.1) is 10.0 Å². The van der Waals surface area contributed by atoms with Gasteiger partial charge in [-0.05, 0) is 25.0 Å². The van der Waals surface area contributed by atoms with Gasteiger partial charge in [0.1, 0.15) is 0 Å². The van der Waals surface area contributed by atoms with E-state index in [0.717, 1.165) is 24.9 Å². The van der Waals surface area contributed by atoms with Crippen molar-refractivity contribution in [2.75, 3.05) is 13.2 Å². The molecule has 0 radical (unpaired) electrons. The van der Waals surface area contributed by atoms with Gasteiger partial charge in [-0.1, -0.05) is 54.1 Å². The van der Waals surface area contributed by atoms with Crippen LogP contribution in [0.5, 0.6) is 0 Å². The molecule has 0 amide bonds. The van der Waals surface area contributed by atoms with Crippen molar-refractivity contribution in [3.63, 3.8) is 0 Å². The molecule has 0 heterocycles. The van der Waals surface area contributed by atoms with Gasteiger partial charge in [-0.2, -0.15) is 0 Å². The van der Waals surface area contributed by atoms with Crippen molar-refractivity contribution in [1.82, 2.24) is 5.32 Å². The fourth-order valence-electron chi connectivity index (χ4n) is 2.88. The Bertz CT molecular complexity index is 459. The average molecular weight is 337 g/mol. The van der Waals surface area contributed by atoms with Gasteiger partial charge in [0.25, 0.3) is 0 Å². The van der Waals surface area contributed by atoms with Crippen molar-refractivity contribution in [3.05, 3.63) is 32.8 Å². The van der Waals surface area contributed by atoms with Gasteiger partial charge in [0, 0.05) is 35.7 Å². The van der Waals surface area contributed by atoms with E-state index >= 15 is 0 Å². The van der Waals surface area contributed by atoms with Gasteiger partial charge in [0.15, 0.2) is 0 Å². The lowest BCUT2D eigenvalue weighted by Crippen LogP contribution is -2.38. The Kier molecular flexibility index (Phi) is 6.00. The molecule has 0 bridgehead atoms. The third kappa shape index (κ3) is 3.80. The molecule has 2 rings (SSSR count). The Hall–Kier alpha value is 0.01000. The Morgan fingerprint density at radius 3 is 2.35 bits per heavy atom. The number of nitrogens with one attached hydrogen (secondary N) is 1. The minimum absolute atomic E-state index is 0.00970. The van der Waals surface area contributed by atoms with Crippen LogP contribution in [0.15, 0.2) is 12.1 Å². The molecule has 2 nitrogen and oxygen atoms in total. The molecule has 0 unspecified atom stereocenters. The highest BCUT2D eigenvalue weighted by Crippen LogP contribution is 2.36. The summed E-state index contributed by atoms with van der Waals surface area (Å²) in [6.45, 7) is 1.58. The van der Waals surface area contributed by atoms with Gasteiger partial charge < -0.3 is 10.4 Å². The molecule has 1 aliphatic rings. The summed E-state index contributed by atoms with van der Waals surface area (Å²) >= 11 is 18.4. The number of aliphatic hydroxyl groups is 1. The monoisotopic (exact) mass is 335 g/mol. The highest BCUT2D eigenvalue weighted by Gasteiger charge is 2.30. The lowest BCUT2D eigenvalue weighted by molar-refractivity contribution is 0.0810. The molecule has 0 aromatic heterocycles. The van der Waals surface area contributed by atoms with Crippen LogP contribution in [-0.2, 0) is 6.54 Å². The maximum Gasteiger partial charge on any atom is 0.0652 e. The van der Waals surface area contributed by atoms with Crippen LogP contribution in [0, 0.1) is 5.41 Å². The van der Waals surface area contributed by atoms with Crippen LogP contribution >= 0.6 is 34.8 Å². The first-order valence-electron chi connectivity index (χ1n) is 7.02. The van der Waals surface area contributed by atoms with E-state index in [-0.39, 0.29) is 12.0 Å². The van der Waals surface area contributed by atoms with E-state index in [1.165, 1.54) is 19.3 Å². The van der Waals surface area contributed by atoms with E-state index < -0.39 is 0 Å². The van der Waals surface area contributed by atoms with Crippen molar-refractivity contribution >= 4 is 34.8 Å². The fourth-order valence-corrected chi connectivity index (χ4v) is 3.56. The maximum absolute atomic E-state index is 9.68. The molecule has 0 aliphatic heterocycles. The first kappa shape index (κ1) is 16.4. The Balaban J connectivity index is 1.97. The largest absolute Gasteiger partial charge is 0.396 e. The summed E-state index contributed by atoms with van der Waals surface area (Å²) in [6, 6.07) is 3.46. The smallest absolute Gasteiger partial charge is 0.0652 e. The molecule has 1 aromatic rings. The molecular formula is C15H20Cl3NO. The van der Waals surface area contributed by atoms with Gasteiger partial charge in [-0.15, -0.1) is 0 Å². The molecular weight excluding hydrogens is 317 g/mol. The second-order valence-corrected chi connectivity index (χ2v) is 6.84. The predicted molar refractivity (Wildman–Crippen MR) is 85.8 cm³/mol. The van der Waals surface area contributed by atoms with Crippen LogP contribution in [0.2, 0.25) is 15.1 Å². The summed E-state index contributed by atoms with van der Waals surface area (Å²) in [6.07, 6.45) is 5.82. The Labute approximate surface area is 135 Å². The SMILES string of the molecule is OCC1(CNCc2c(Cl)ccc(Cl)c2Cl)CCCCC1. The molecule has 112 valence electrons. The zero-order chi connectivity index (χ0) is 14.6. The minimum Gasteiger partial charge on any atom is -0.396 e. The first-order chi connectivity index (χ1) is 9.58.